The SMILES string of the molecule is C=c1cccc/c1=c1/c(=C2/C=CC=CC2)c(/C=C\C)c(/C=C\C)c2ccccc12. The number of fused-ring (bicyclic) bond motifs is 1. The zero-order valence-corrected chi connectivity index (χ0v) is 17.2. The minimum Gasteiger partial charge on any atom is -0.0911 e. The molecule has 3 aromatic rings. The van der Waals surface area contributed by atoms with Crippen molar-refractivity contribution < 1.29 is 0 Å². The van der Waals surface area contributed by atoms with E-state index in [1.165, 1.54) is 43.1 Å². The summed E-state index contributed by atoms with van der Waals surface area (Å²) in [6.07, 6.45) is 18.5. The van der Waals surface area contributed by atoms with Gasteiger partial charge in [-0.2, -0.15) is 0 Å². The van der Waals surface area contributed by atoms with Gasteiger partial charge in [-0.05, 0) is 68.6 Å². The second-order valence-electron chi connectivity index (χ2n) is 7.30. The van der Waals surface area contributed by atoms with Crippen molar-refractivity contribution in [3.05, 3.63) is 117 Å². The Balaban J connectivity index is 2.50. The molecule has 0 bridgehead atoms. The average Bonchev–Trinajstić information content (AvgIpc) is 2.76. The summed E-state index contributed by atoms with van der Waals surface area (Å²) in [5.41, 5.74) is 3.89. The van der Waals surface area contributed by atoms with Gasteiger partial charge in [0.25, 0.3) is 0 Å². The summed E-state index contributed by atoms with van der Waals surface area (Å²) in [5.74, 6) is 0. The van der Waals surface area contributed by atoms with E-state index in [0.29, 0.717) is 0 Å². The lowest BCUT2D eigenvalue weighted by Gasteiger charge is -2.14. The fourth-order valence-electron chi connectivity index (χ4n) is 4.25. The molecule has 0 N–H and O–H groups in total. The van der Waals surface area contributed by atoms with Gasteiger partial charge in [0.15, 0.2) is 0 Å². The molecule has 0 atom stereocenters. The van der Waals surface area contributed by atoms with E-state index in [-0.39, 0.29) is 0 Å². The molecular weight excluding hydrogens is 348 g/mol. The maximum absolute atomic E-state index is 4.35. The van der Waals surface area contributed by atoms with Crippen LogP contribution in [0.3, 0.4) is 0 Å². The van der Waals surface area contributed by atoms with Crippen LogP contribution >= 0.6 is 0 Å². The molecule has 0 radical (unpaired) electrons. The van der Waals surface area contributed by atoms with Crippen LogP contribution in [0.15, 0.2) is 85.0 Å². The number of rotatable bonds is 2. The second kappa shape index (κ2) is 8.32. The molecule has 0 heteroatoms. The van der Waals surface area contributed by atoms with Crippen LogP contribution in [0.2, 0.25) is 0 Å². The smallest absolute Gasteiger partial charge is 0.00177 e. The zero-order chi connectivity index (χ0) is 20.2. The van der Waals surface area contributed by atoms with Gasteiger partial charge in [0.2, 0.25) is 0 Å². The molecule has 0 unspecified atom stereocenters. The highest BCUT2D eigenvalue weighted by Gasteiger charge is 2.12. The molecule has 0 aliphatic heterocycles. The number of benzene rings is 3. The van der Waals surface area contributed by atoms with E-state index < -0.39 is 0 Å². The van der Waals surface area contributed by atoms with Gasteiger partial charge in [0.1, 0.15) is 0 Å². The average molecular weight is 375 g/mol. The quantitative estimate of drug-likeness (QED) is 0.496. The Hall–Kier alpha value is -3.38. The van der Waals surface area contributed by atoms with Gasteiger partial charge >= 0.3 is 0 Å². The van der Waals surface area contributed by atoms with Crippen molar-refractivity contribution in [2.75, 3.05) is 0 Å². The summed E-state index contributed by atoms with van der Waals surface area (Å²) < 4.78 is 0. The first-order valence-corrected chi connectivity index (χ1v) is 10.2. The number of allylic oxidation sites excluding steroid dienone is 6. The van der Waals surface area contributed by atoms with E-state index in [1.54, 1.807) is 0 Å². The fourth-order valence-corrected chi connectivity index (χ4v) is 4.25. The van der Waals surface area contributed by atoms with E-state index in [4.69, 9.17) is 0 Å². The number of hydrogen-bond donors (Lipinski definition) is 0. The molecule has 3 aromatic carbocycles. The molecule has 0 spiro atoms. The second-order valence-corrected chi connectivity index (χ2v) is 7.30. The molecule has 4 rings (SSSR count). The summed E-state index contributed by atoms with van der Waals surface area (Å²) in [6, 6.07) is 17.2. The van der Waals surface area contributed by atoms with Crippen LogP contribution < -0.4 is 10.4 Å². The molecule has 0 aromatic heterocycles. The first kappa shape index (κ1) is 19.0. The monoisotopic (exact) mass is 374 g/mol. The van der Waals surface area contributed by atoms with Gasteiger partial charge < -0.3 is 0 Å². The predicted octanol–water partition coefficient (Wildman–Crippen LogP) is 6.27. The highest BCUT2D eigenvalue weighted by molar-refractivity contribution is 5.95. The van der Waals surface area contributed by atoms with Gasteiger partial charge in [-0.15, -0.1) is 0 Å². The summed E-state index contributed by atoms with van der Waals surface area (Å²) in [6.45, 7) is 8.53. The topological polar surface area (TPSA) is 0 Å². The van der Waals surface area contributed by atoms with Crippen molar-refractivity contribution in [3.8, 4) is 0 Å². The van der Waals surface area contributed by atoms with E-state index in [9.17, 15) is 0 Å². The predicted molar refractivity (Wildman–Crippen MR) is 129 cm³/mol. The standard InChI is InChI=1S/C29H26/c1-4-13-24-25-19-11-12-20-27(25)29(23-18-10-9-15-21(23)3)28(26(24)14-5-2)22-16-7-6-8-17-22/h4-16,18-20H,3,17H2,1-2H3/b13-4-,14-5-,28-22-,29-23-. The lowest BCUT2D eigenvalue weighted by Crippen LogP contribution is -2.18. The normalized spacial score (nSPS) is 17.0. The highest BCUT2D eigenvalue weighted by atomic mass is 14.1. The summed E-state index contributed by atoms with van der Waals surface area (Å²) >= 11 is 0. The number of hydrogen-bond acceptors (Lipinski definition) is 0. The Morgan fingerprint density at radius 3 is 2.14 bits per heavy atom. The van der Waals surface area contributed by atoms with Gasteiger partial charge in [-0.3, -0.25) is 0 Å². The summed E-state index contributed by atoms with van der Waals surface area (Å²) in [5, 5.41) is 7.40. The van der Waals surface area contributed by atoms with Crippen molar-refractivity contribution in [2.45, 2.75) is 20.3 Å². The maximum atomic E-state index is 4.35. The molecule has 0 fully saturated rings. The van der Waals surface area contributed by atoms with Crippen LogP contribution in [-0.4, -0.2) is 0 Å². The summed E-state index contributed by atoms with van der Waals surface area (Å²) in [7, 11) is 0. The molecule has 0 nitrogen and oxygen atoms in total. The lowest BCUT2D eigenvalue weighted by molar-refractivity contribution is 1.33. The zero-order valence-electron chi connectivity index (χ0n) is 17.2. The van der Waals surface area contributed by atoms with Gasteiger partial charge in [0.05, 0.1) is 0 Å². The molecule has 0 saturated carbocycles. The Kier molecular flexibility index (Phi) is 5.44. The highest BCUT2D eigenvalue weighted by Crippen LogP contribution is 2.25. The van der Waals surface area contributed by atoms with Crippen molar-refractivity contribution >= 4 is 35.1 Å². The van der Waals surface area contributed by atoms with Crippen molar-refractivity contribution in [1.82, 2.24) is 0 Å². The van der Waals surface area contributed by atoms with Crippen LogP contribution in [0.5, 0.6) is 0 Å². The Labute approximate surface area is 172 Å². The van der Waals surface area contributed by atoms with Gasteiger partial charge in [-0.25, -0.2) is 0 Å². The third-order valence-corrected chi connectivity index (χ3v) is 5.45. The van der Waals surface area contributed by atoms with E-state index in [0.717, 1.165) is 11.6 Å². The van der Waals surface area contributed by atoms with Crippen LogP contribution in [0.4, 0.5) is 0 Å². The van der Waals surface area contributed by atoms with E-state index in [2.05, 4.69) is 118 Å². The van der Waals surface area contributed by atoms with E-state index >= 15 is 0 Å². The van der Waals surface area contributed by atoms with Crippen LogP contribution in [0.25, 0.3) is 35.1 Å². The van der Waals surface area contributed by atoms with Gasteiger partial charge in [-0.1, -0.05) is 104 Å². The molecule has 1 aliphatic rings. The molecule has 142 valence electrons. The largest absolute Gasteiger partial charge is 0.0911 e. The van der Waals surface area contributed by atoms with Crippen molar-refractivity contribution in [3.63, 3.8) is 0 Å². The van der Waals surface area contributed by atoms with Crippen LogP contribution in [-0.2, 0) is 0 Å². The Morgan fingerprint density at radius 1 is 0.759 bits per heavy atom. The van der Waals surface area contributed by atoms with Crippen molar-refractivity contribution in [1.29, 1.82) is 0 Å². The van der Waals surface area contributed by atoms with Crippen LogP contribution in [0, 0.1) is 10.4 Å². The van der Waals surface area contributed by atoms with Gasteiger partial charge in [0, 0.05) is 0 Å². The maximum Gasteiger partial charge on any atom is -0.00177 e. The molecule has 0 amide bonds. The van der Waals surface area contributed by atoms with E-state index in [1.807, 2.05) is 0 Å². The molecular formula is C29H26. The minimum atomic E-state index is 0.932. The summed E-state index contributed by atoms with van der Waals surface area (Å²) in [4.78, 5) is 0. The Bertz CT molecular complexity index is 1390. The third-order valence-electron chi connectivity index (χ3n) is 5.45. The molecule has 1 aliphatic carbocycles. The van der Waals surface area contributed by atoms with Crippen molar-refractivity contribution in [2.24, 2.45) is 0 Å². The first-order chi connectivity index (χ1) is 14.3. The molecule has 0 saturated heterocycles. The van der Waals surface area contributed by atoms with Crippen LogP contribution in [0.1, 0.15) is 31.4 Å². The third kappa shape index (κ3) is 3.43. The lowest BCUT2D eigenvalue weighted by atomic mass is 9.89. The first-order valence-electron chi connectivity index (χ1n) is 10.2. The minimum absolute atomic E-state index is 0.932. The molecule has 29 heavy (non-hydrogen) atoms. The molecule has 0 heterocycles. The Morgan fingerprint density at radius 2 is 1.45 bits per heavy atom. The fraction of sp³-hybridized carbons (Fsp3) is 0.103.